The standard InChI is InChI=1S/C26H32N2O4S/c1-15-11-17-18-6-8-26(32,21(31)14-33-23-27-9-4-10-28-23)25(18,3)13-20(30)22(17)24(2)7-5-16(29)12-19(15)24/h4-5,7,9-10,12,15,17-18,20,22,30,32H,6,8,11,13-14H2,1-3H3/t15-,17?,18?,20?,22?,24?,25?,26-/m0/s1. The van der Waals surface area contributed by atoms with E-state index in [-0.39, 0.29) is 46.4 Å². The first-order valence-corrected chi connectivity index (χ1v) is 12.9. The van der Waals surface area contributed by atoms with Gasteiger partial charge in [0.25, 0.3) is 0 Å². The number of Topliss-reactive ketones (excluding diaryl/α,β-unsaturated/α-hetero) is 1. The topological polar surface area (TPSA) is 100 Å². The molecular weight excluding hydrogens is 436 g/mol. The second kappa shape index (κ2) is 7.85. The van der Waals surface area contributed by atoms with Gasteiger partial charge in [0.2, 0.25) is 0 Å². The lowest BCUT2D eigenvalue weighted by Crippen LogP contribution is -2.62. The Morgan fingerprint density at radius 2 is 2.00 bits per heavy atom. The van der Waals surface area contributed by atoms with Gasteiger partial charge in [-0.2, -0.15) is 0 Å². The van der Waals surface area contributed by atoms with Crippen molar-refractivity contribution in [3.63, 3.8) is 0 Å². The molecule has 0 aromatic carbocycles. The van der Waals surface area contributed by atoms with Crippen molar-refractivity contribution in [1.29, 1.82) is 0 Å². The summed E-state index contributed by atoms with van der Waals surface area (Å²) in [5, 5.41) is 23.8. The molecule has 0 spiro atoms. The van der Waals surface area contributed by atoms with E-state index in [1.807, 2.05) is 13.0 Å². The third kappa shape index (κ3) is 3.30. The molecule has 6 nitrogen and oxygen atoms in total. The Kier molecular flexibility index (Phi) is 5.46. The molecule has 2 N–H and O–H groups in total. The summed E-state index contributed by atoms with van der Waals surface area (Å²) < 4.78 is 0. The van der Waals surface area contributed by atoms with Crippen LogP contribution in [-0.4, -0.2) is 49.2 Å². The van der Waals surface area contributed by atoms with E-state index in [2.05, 4.69) is 23.8 Å². The first-order valence-electron chi connectivity index (χ1n) is 11.9. The van der Waals surface area contributed by atoms with Gasteiger partial charge < -0.3 is 10.2 Å². The van der Waals surface area contributed by atoms with Crippen molar-refractivity contribution in [3.05, 3.63) is 42.3 Å². The third-order valence-corrected chi connectivity index (χ3v) is 10.2. The van der Waals surface area contributed by atoms with Gasteiger partial charge in [0.1, 0.15) is 5.60 Å². The highest BCUT2D eigenvalue weighted by Crippen LogP contribution is 2.67. The van der Waals surface area contributed by atoms with E-state index in [1.165, 1.54) is 11.8 Å². The number of carbonyl (C=O) groups is 2. The minimum absolute atomic E-state index is 0.0173. The largest absolute Gasteiger partial charge is 0.393 e. The summed E-state index contributed by atoms with van der Waals surface area (Å²) in [5.74, 6) is 0.448. The molecule has 3 fully saturated rings. The van der Waals surface area contributed by atoms with Crippen molar-refractivity contribution in [1.82, 2.24) is 9.97 Å². The Morgan fingerprint density at radius 3 is 2.73 bits per heavy atom. The Bertz CT molecular complexity index is 1040. The van der Waals surface area contributed by atoms with Crippen molar-refractivity contribution in [2.24, 2.45) is 34.5 Å². The zero-order valence-corrected chi connectivity index (χ0v) is 20.2. The van der Waals surface area contributed by atoms with Crippen molar-refractivity contribution >= 4 is 23.3 Å². The van der Waals surface area contributed by atoms with E-state index in [0.29, 0.717) is 18.0 Å². The SMILES string of the molecule is C[C@H]1CC2C(C(O)CC3(C)C2CC[C@]3(O)C(=O)CSc2ncccn2)C2(C)C=CC(=O)C=C12. The number of aliphatic hydroxyl groups is 2. The van der Waals surface area contributed by atoms with E-state index in [4.69, 9.17) is 0 Å². The number of hydrogen-bond acceptors (Lipinski definition) is 7. The van der Waals surface area contributed by atoms with Gasteiger partial charge in [-0.25, -0.2) is 9.97 Å². The van der Waals surface area contributed by atoms with E-state index in [1.54, 1.807) is 30.6 Å². The number of ketones is 2. The van der Waals surface area contributed by atoms with Crippen LogP contribution in [0.15, 0.2) is 47.4 Å². The van der Waals surface area contributed by atoms with Crippen molar-refractivity contribution in [2.75, 3.05) is 5.75 Å². The molecule has 8 atom stereocenters. The van der Waals surface area contributed by atoms with Crippen LogP contribution in [0.5, 0.6) is 0 Å². The summed E-state index contributed by atoms with van der Waals surface area (Å²) in [6.07, 6.45) is 10.4. The highest BCUT2D eigenvalue weighted by atomic mass is 32.2. The lowest BCUT2D eigenvalue weighted by molar-refractivity contribution is -0.176. The summed E-state index contributed by atoms with van der Waals surface area (Å²) in [4.78, 5) is 33.8. The van der Waals surface area contributed by atoms with Crippen LogP contribution >= 0.6 is 11.8 Å². The highest BCUT2D eigenvalue weighted by Gasteiger charge is 2.68. The molecule has 1 heterocycles. The maximum Gasteiger partial charge on any atom is 0.187 e. The lowest BCUT2D eigenvalue weighted by atomic mass is 9.45. The third-order valence-electron chi connectivity index (χ3n) is 9.30. The summed E-state index contributed by atoms with van der Waals surface area (Å²) in [6, 6.07) is 1.73. The molecule has 33 heavy (non-hydrogen) atoms. The van der Waals surface area contributed by atoms with E-state index < -0.39 is 17.1 Å². The highest BCUT2D eigenvalue weighted by molar-refractivity contribution is 7.99. The number of aliphatic hydroxyl groups excluding tert-OH is 1. The fourth-order valence-corrected chi connectivity index (χ4v) is 8.59. The number of thioether (sulfide) groups is 1. The van der Waals surface area contributed by atoms with Crippen LogP contribution in [0.25, 0.3) is 0 Å². The molecule has 0 amide bonds. The Morgan fingerprint density at radius 1 is 1.27 bits per heavy atom. The number of allylic oxidation sites excluding steroid dienone is 4. The molecule has 3 saturated carbocycles. The van der Waals surface area contributed by atoms with Crippen LogP contribution in [0.2, 0.25) is 0 Å². The van der Waals surface area contributed by atoms with E-state index >= 15 is 0 Å². The maximum absolute atomic E-state index is 13.4. The molecule has 4 aliphatic rings. The molecule has 0 radical (unpaired) electrons. The molecule has 5 rings (SSSR count). The van der Waals surface area contributed by atoms with Gasteiger partial charge in [-0.15, -0.1) is 0 Å². The van der Waals surface area contributed by atoms with Gasteiger partial charge in [-0.05, 0) is 61.7 Å². The molecule has 176 valence electrons. The average Bonchev–Trinajstić information content (AvgIpc) is 3.05. The lowest BCUT2D eigenvalue weighted by Gasteiger charge is -2.60. The zero-order chi connectivity index (χ0) is 23.6. The van der Waals surface area contributed by atoms with Crippen molar-refractivity contribution in [3.8, 4) is 0 Å². The predicted octanol–water partition coefficient (Wildman–Crippen LogP) is 3.39. The fourth-order valence-electron chi connectivity index (χ4n) is 7.82. The Labute approximate surface area is 199 Å². The number of fused-ring (bicyclic) bond motifs is 5. The minimum Gasteiger partial charge on any atom is -0.393 e. The maximum atomic E-state index is 13.4. The van der Waals surface area contributed by atoms with Gasteiger partial charge in [-0.1, -0.05) is 44.2 Å². The summed E-state index contributed by atoms with van der Waals surface area (Å²) in [5.41, 5.74) is -1.41. The molecule has 0 bridgehead atoms. The number of aromatic nitrogens is 2. The molecule has 4 aliphatic carbocycles. The van der Waals surface area contributed by atoms with Crippen LogP contribution in [0.4, 0.5) is 0 Å². The second-order valence-corrected chi connectivity index (χ2v) is 11.8. The zero-order valence-electron chi connectivity index (χ0n) is 19.4. The molecule has 1 aromatic heterocycles. The van der Waals surface area contributed by atoms with E-state index in [9.17, 15) is 19.8 Å². The minimum atomic E-state index is -1.47. The van der Waals surface area contributed by atoms with Gasteiger partial charge in [-0.3, -0.25) is 9.59 Å². The van der Waals surface area contributed by atoms with Crippen molar-refractivity contribution in [2.45, 2.75) is 63.3 Å². The second-order valence-electron chi connectivity index (χ2n) is 10.9. The van der Waals surface area contributed by atoms with Crippen molar-refractivity contribution < 1.29 is 19.8 Å². The number of hydrogen-bond donors (Lipinski definition) is 2. The number of nitrogens with zero attached hydrogens (tertiary/aromatic N) is 2. The Balaban J connectivity index is 1.44. The molecule has 0 saturated heterocycles. The fraction of sp³-hybridized carbons (Fsp3) is 0.615. The Hall–Kier alpha value is -1.83. The van der Waals surface area contributed by atoms with Crippen LogP contribution in [0.3, 0.4) is 0 Å². The van der Waals surface area contributed by atoms with Crippen LogP contribution in [0.1, 0.15) is 46.5 Å². The smallest absolute Gasteiger partial charge is 0.187 e. The first-order chi connectivity index (χ1) is 15.6. The average molecular weight is 469 g/mol. The van der Waals surface area contributed by atoms with Gasteiger partial charge in [0.15, 0.2) is 16.7 Å². The normalized spacial score (nSPS) is 44.0. The van der Waals surface area contributed by atoms with Gasteiger partial charge >= 0.3 is 0 Å². The quantitative estimate of drug-likeness (QED) is 0.516. The number of carbonyl (C=O) groups excluding carboxylic acids is 2. The van der Waals surface area contributed by atoms with Crippen LogP contribution in [-0.2, 0) is 9.59 Å². The number of rotatable bonds is 4. The molecule has 7 heteroatoms. The molecule has 1 aromatic rings. The first kappa shape index (κ1) is 22.9. The van der Waals surface area contributed by atoms with Gasteiger partial charge in [0, 0.05) is 29.1 Å². The molecule has 6 unspecified atom stereocenters. The van der Waals surface area contributed by atoms with Gasteiger partial charge in [0.05, 0.1) is 11.9 Å². The van der Waals surface area contributed by atoms with Crippen LogP contribution in [0, 0.1) is 34.5 Å². The monoisotopic (exact) mass is 468 g/mol. The van der Waals surface area contributed by atoms with Crippen LogP contribution < -0.4 is 0 Å². The summed E-state index contributed by atoms with van der Waals surface area (Å²) >= 11 is 1.25. The summed E-state index contributed by atoms with van der Waals surface area (Å²) in [6.45, 7) is 6.31. The molecule has 0 aliphatic heterocycles. The predicted molar refractivity (Wildman–Crippen MR) is 125 cm³/mol. The van der Waals surface area contributed by atoms with E-state index in [0.717, 1.165) is 18.4 Å². The molecular formula is C26H32N2O4S. The summed E-state index contributed by atoms with van der Waals surface area (Å²) in [7, 11) is 0.